The quantitative estimate of drug-likeness (QED) is 0.152. The Morgan fingerprint density at radius 2 is 0.794 bits per heavy atom. The minimum atomic E-state index is 0.0180. The predicted molar refractivity (Wildman–Crippen MR) is 286 cm³/mol. The summed E-state index contributed by atoms with van der Waals surface area (Å²) < 4.78 is 7.47. The molecule has 318 valence electrons. The van der Waals surface area contributed by atoms with Gasteiger partial charge in [-0.15, -0.1) is 0 Å². The van der Waals surface area contributed by atoms with E-state index in [0.717, 1.165) is 22.6 Å². The van der Waals surface area contributed by atoms with Crippen LogP contribution in [-0.4, -0.2) is 13.7 Å². The molecule has 0 saturated carbocycles. The van der Waals surface area contributed by atoms with Gasteiger partial charge in [0.1, 0.15) is 0 Å². The van der Waals surface area contributed by atoms with Gasteiger partial charge in [-0.1, -0.05) is 200 Å². The Bertz CT molecular complexity index is 4130. The van der Waals surface area contributed by atoms with Gasteiger partial charge in [0.05, 0.1) is 38.8 Å². The maximum atomic E-state index is 2.55. The van der Waals surface area contributed by atoms with Crippen LogP contribution in [0.2, 0.25) is 0 Å². The molecule has 0 saturated heterocycles. The molecule has 68 heavy (non-hydrogen) atoms. The number of allylic oxidation sites excluding steroid dienone is 4. The van der Waals surface area contributed by atoms with Crippen molar-refractivity contribution in [3.63, 3.8) is 0 Å². The van der Waals surface area contributed by atoms with Crippen LogP contribution >= 0.6 is 0 Å². The maximum Gasteiger partial charge on any atom is 0.0641 e. The standard InChI is InChI=1S/C65H43N3/c1-4-20-43(21-5-1)49-38-39-50(44-22-6-2-7-23-44)62(49)56-33-19-32-53-51-29-12-16-36-59(51)68(64(53)56)57-34-14-10-28-48(57)45-24-18-27-47(42-45)66-60-37-17-13-31-55(60)63-61(66)41-40-54-52-30-11-15-35-58(52)67(65(54)63)46-25-8-3-9-26-46/h1-42,62H. The second kappa shape index (κ2) is 15.3. The van der Waals surface area contributed by atoms with Crippen LogP contribution < -0.4 is 0 Å². The van der Waals surface area contributed by atoms with Crippen molar-refractivity contribution in [2.75, 3.05) is 0 Å². The molecule has 0 aliphatic heterocycles. The Morgan fingerprint density at radius 1 is 0.294 bits per heavy atom. The molecule has 0 amide bonds. The minimum absolute atomic E-state index is 0.0180. The SMILES string of the molecule is C1=C(c2ccccc2)C(c2cccc3c4ccccc4n(-c4ccccc4-c4cccc(-n5c6ccccc6c6c5ccc5c7ccccc7n(-c7ccccc7)c56)c4)c23)C(c2ccccc2)=C1. The van der Waals surface area contributed by atoms with Gasteiger partial charge in [0, 0.05) is 55.2 Å². The first-order chi connectivity index (χ1) is 33.8. The van der Waals surface area contributed by atoms with Crippen LogP contribution in [0.3, 0.4) is 0 Å². The molecule has 0 fully saturated rings. The molecule has 3 nitrogen and oxygen atoms in total. The van der Waals surface area contributed by atoms with Gasteiger partial charge in [0.15, 0.2) is 0 Å². The second-order valence-electron chi connectivity index (χ2n) is 18.0. The van der Waals surface area contributed by atoms with E-state index in [1.807, 2.05) is 0 Å². The number of fused-ring (bicyclic) bond motifs is 10. The number of para-hydroxylation sites is 6. The highest BCUT2D eigenvalue weighted by atomic mass is 15.0. The molecule has 1 aliphatic rings. The van der Waals surface area contributed by atoms with Crippen LogP contribution in [0.25, 0.3) is 105 Å². The summed E-state index contributed by atoms with van der Waals surface area (Å²) in [6, 6.07) is 89.0. The zero-order valence-corrected chi connectivity index (χ0v) is 37.2. The van der Waals surface area contributed by atoms with Crippen LogP contribution in [0.4, 0.5) is 0 Å². The molecule has 14 rings (SSSR count). The van der Waals surface area contributed by atoms with Gasteiger partial charge >= 0.3 is 0 Å². The molecular weight excluding hydrogens is 823 g/mol. The molecule has 3 aromatic heterocycles. The molecule has 0 unspecified atom stereocenters. The normalized spacial score (nSPS) is 13.1. The average molecular weight is 866 g/mol. The summed E-state index contributed by atoms with van der Waals surface area (Å²) >= 11 is 0. The molecule has 10 aromatic carbocycles. The number of rotatable bonds is 7. The maximum absolute atomic E-state index is 2.55. The third-order valence-corrected chi connectivity index (χ3v) is 14.4. The lowest BCUT2D eigenvalue weighted by molar-refractivity contribution is 1.11. The molecule has 0 atom stereocenters. The van der Waals surface area contributed by atoms with Crippen LogP contribution in [0.5, 0.6) is 0 Å². The van der Waals surface area contributed by atoms with Gasteiger partial charge in [-0.2, -0.15) is 0 Å². The van der Waals surface area contributed by atoms with E-state index < -0.39 is 0 Å². The molecule has 3 heterocycles. The summed E-state index contributed by atoms with van der Waals surface area (Å²) in [7, 11) is 0. The first kappa shape index (κ1) is 38.4. The summed E-state index contributed by atoms with van der Waals surface area (Å²) in [5.41, 5.74) is 19.3. The van der Waals surface area contributed by atoms with E-state index in [0.29, 0.717) is 0 Å². The first-order valence-corrected chi connectivity index (χ1v) is 23.6. The van der Waals surface area contributed by atoms with E-state index in [-0.39, 0.29) is 5.92 Å². The third-order valence-electron chi connectivity index (χ3n) is 14.4. The molecule has 0 N–H and O–H groups in total. The van der Waals surface area contributed by atoms with Gasteiger partial charge in [-0.25, -0.2) is 0 Å². The Hall–Kier alpha value is -8.92. The number of aromatic nitrogens is 3. The fourth-order valence-corrected chi connectivity index (χ4v) is 11.5. The lowest BCUT2D eigenvalue weighted by atomic mass is 9.81. The number of hydrogen-bond donors (Lipinski definition) is 0. The van der Waals surface area contributed by atoms with Crippen LogP contribution in [-0.2, 0) is 0 Å². The fraction of sp³-hybridized carbons (Fsp3) is 0.0154. The van der Waals surface area contributed by atoms with Crippen molar-refractivity contribution >= 4 is 76.6 Å². The number of nitrogens with zero attached hydrogens (tertiary/aromatic N) is 3. The molecule has 0 spiro atoms. The van der Waals surface area contributed by atoms with Crippen molar-refractivity contribution in [3.05, 3.63) is 271 Å². The second-order valence-corrected chi connectivity index (χ2v) is 18.0. The highest BCUT2D eigenvalue weighted by molar-refractivity contribution is 6.26. The Morgan fingerprint density at radius 3 is 1.49 bits per heavy atom. The van der Waals surface area contributed by atoms with E-state index in [2.05, 4.69) is 269 Å². The zero-order valence-electron chi connectivity index (χ0n) is 37.2. The molecule has 0 radical (unpaired) electrons. The minimum Gasteiger partial charge on any atom is -0.309 e. The first-order valence-electron chi connectivity index (χ1n) is 23.6. The van der Waals surface area contributed by atoms with Crippen LogP contribution in [0.1, 0.15) is 22.6 Å². The van der Waals surface area contributed by atoms with Gasteiger partial charge in [-0.3, -0.25) is 0 Å². The van der Waals surface area contributed by atoms with Crippen molar-refractivity contribution in [3.8, 4) is 28.2 Å². The highest BCUT2D eigenvalue weighted by Gasteiger charge is 2.31. The van der Waals surface area contributed by atoms with Crippen LogP contribution in [0.15, 0.2) is 255 Å². The summed E-state index contributed by atoms with van der Waals surface area (Å²) in [4.78, 5) is 0. The zero-order chi connectivity index (χ0) is 44.7. The van der Waals surface area contributed by atoms with Crippen molar-refractivity contribution in [1.29, 1.82) is 0 Å². The molecular formula is C65H43N3. The fourth-order valence-electron chi connectivity index (χ4n) is 11.5. The molecule has 13 aromatic rings. The summed E-state index contributed by atoms with van der Waals surface area (Å²) in [5, 5.41) is 7.48. The van der Waals surface area contributed by atoms with E-state index in [1.165, 1.54) is 98.8 Å². The number of benzene rings is 10. The van der Waals surface area contributed by atoms with Crippen molar-refractivity contribution in [2.24, 2.45) is 0 Å². The largest absolute Gasteiger partial charge is 0.309 e. The van der Waals surface area contributed by atoms with Crippen molar-refractivity contribution in [2.45, 2.75) is 5.92 Å². The average Bonchev–Trinajstić information content (AvgIpc) is 4.18. The lowest BCUT2D eigenvalue weighted by Gasteiger charge is -2.24. The van der Waals surface area contributed by atoms with Crippen LogP contribution in [0, 0.1) is 0 Å². The topological polar surface area (TPSA) is 14.8 Å². The summed E-state index contributed by atoms with van der Waals surface area (Å²) in [6.45, 7) is 0. The van der Waals surface area contributed by atoms with Gasteiger partial charge in [0.2, 0.25) is 0 Å². The molecule has 1 aliphatic carbocycles. The van der Waals surface area contributed by atoms with Gasteiger partial charge < -0.3 is 13.7 Å². The summed E-state index contributed by atoms with van der Waals surface area (Å²) in [6.07, 6.45) is 4.68. The predicted octanol–water partition coefficient (Wildman–Crippen LogP) is 16.9. The monoisotopic (exact) mass is 865 g/mol. The third kappa shape index (κ3) is 5.72. The summed E-state index contributed by atoms with van der Waals surface area (Å²) in [5.74, 6) is 0.0180. The van der Waals surface area contributed by atoms with E-state index in [4.69, 9.17) is 0 Å². The van der Waals surface area contributed by atoms with E-state index in [1.54, 1.807) is 0 Å². The van der Waals surface area contributed by atoms with E-state index >= 15 is 0 Å². The van der Waals surface area contributed by atoms with Gasteiger partial charge in [0.25, 0.3) is 0 Å². The molecule has 0 bridgehead atoms. The Kier molecular flexibility index (Phi) is 8.65. The van der Waals surface area contributed by atoms with Crippen molar-refractivity contribution in [1.82, 2.24) is 13.7 Å². The smallest absolute Gasteiger partial charge is 0.0641 e. The number of hydrogen-bond acceptors (Lipinski definition) is 0. The Labute approximate surface area is 394 Å². The lowest BCUT2D eigenvalue weighted by Crippen LogP contribution is -2.06. The van der Waals surface area contributed by atoms with E-state index in [9.17, 15) is 0 Å². The van der Waals surface area contributed by atoms with Gasteiger partial charge in [-0.05, 0) is 88.0 Å². The Balaban J connectivity index is 0.995. The molecule has 3 heteroatoms. The highest BCUT2D eigenvalue weighted by Crippen LogP contribution is 2.50. The van der Waals surface area contributed by atoms with Crippen molar-refractivity contribution < 1.29 is 0 Å².